The highest BCUT2D eigenvalue weighted by molar-refractivity contribution is 5.74. The predicted molar refractivity (Wildman–Crippen MR) is 83.1 cm³/mol. The number of hydrogen-bond acceptors (Lipinski definition) is 4. The van der Waals surface area contributed by atoms with Crippen molar-refractivity contribution in [1.82, 2.24) is 0 Å². The molecule has 21 heavy (non-hydrogen) atoms. The molecule has 0 aliphatic carbocycles. The van der Waals surface area contributed by atoms with Crippen molar-refractivity contribution in [2.75, 3.05) is 33.0 Å². The number of hydrogen-bond donors (Lipinski definition) is 0. The Morgan fingerprint density at radius 2 is 1.48 bits per heavy atom. The Balaban J connectivity index is 1.89. The van der Waals surface area contributed by atoms with E-state index in [1.54, 1.807) is 12.1 Å². The first kappa shape index (κ1) is 17.7. The molecule has 0 aliphatic rings. The highest BCUT2D eigenvalue weighted by atomic mass is 16.5. The van der Waals surface area contributed by atoms with Crippen LogP contribution in [0.25, 0.3) is 0 Å². The predicted octanol–water partition coefficient (Wildman–Crippen LogP) is 3.49. The summed E-state index contributed by atoms with van der Waals surface area (Å²) in [4.78, 5) is 10.5. The lowest BCUT2D eigenvalue weighted by Gasteiger charge is -2.07. The maximum atomic E-state index is 10.5. The molecule has 0 N–H and O–H groups in total. The number of ether oxygens (including phenoxy) is 3. The van der Waals surface area contributed by atoms with Crippen LogP contribution in [0.2, 0.25) is 0 Å². The molecular weight excluding hydrogens is 268 g/mol. The van der Waals surface area contributed by atoms with Crippen molar-refractivity contribution in [3.63, 3.8) is 0 Å². The maximum Gasteiger partial charge on any atom is 0.150 e. The molecule has 0 saturated carbocycles. The highest BCUT2D eigenvalue weighted by Gasteiger charge is 1.95. The minimum Gasteiger partial charge on any atom is -0.494 e. The van der Waals surface area contributed by atoms with E-state index in [2.05, 4.69) is 6.92 Å². The summed E-state index contributed by atoms with van der Waals surface area (Å²) < 4.78 is 16.5. The van der Waals surface area contributed by atoms with Crippen molar-refractivity contribution >= 4 is 6.29 Å². The van der Waals surface area contributed by atoms with Gasteiger partial charge in [0.15, 0.2) is 0 Å². The summed E-state index contributed by atoms with van der Waals surface area (Å²) in [6.45, 7) is 5.93. The Kier molecular flexibility index (Phi) is 10.4. The summed E-state index contributed by atoms with van der Waals surface area (Å²) in [5, 5.41) is 0. The summed E-state index contributed by atoms with van der Waals surface area (Å²) in [6, 6.07) is 7.14. The first-order valence-electron chi connectivity index (χ1n) is 7.70. The van der Waals surface area contributed by atoms with Gasteiger partial charge >= 0.3 is 0 Å². The minimum atomic E-state index is 0.665. The van der Waals surface area contributed by atoms with Gasteiger partial charge in [0.2, 0.25) is 0 Å². The van der Waals surface area contributed by atoms with Crippen LogP contribution >= 0.6 is 0 Å². The number of carbonyl (C=O) groups excluding carboxylic acids is 1. The smallest absolute Gasteiger partial charge is 0.150 e. The van der Waals surface area contributed by atoms with Crippen LogP contribution in [0, 0.1) is 0 Å². The van der Waals surface area contributed by atoms with E-state index in [9.17, 15) is 4.79 Å². The van der Waals surface area contributed by atoms with Crippen molar-refractivity contribution in [2.45, 2.75) is 32.6 Å². The first-order valence-corrected chi connectivity index (χ1v) is 7.70. The van der Waals surface area contributed by atoms with Gasteiger partial charge in [0.05, 0.1) is 6.61 Å². The molecule has 4 heteroatoms. The van der Waals surface area contributed by atoms with Crippen LogP contribution < -0.4 is 4.74 Å². The number of aldehydes is 1. The number of unbranched alkanes of at least 4 members (excludes halogenated alkanes) is 1. The molecule has 0 fully saturated rings. The van der Waals surface area contributed by atoms with Gasteiger partial charge in [0.1, 0.15) is 12.0 Å². The highest BCUT2D eigenvalue weighted by Crippen LogP contribution is 2.11. The Morgan fingerprint density at radius 3 is 2.14 bits per heavy atom. The summed E-state index contributed by atoms with van der Waals surface area (Å²) in [5.41, 5.74) is 0.665. The van der Waals surface area contributed by atoms with Gasteiger partial charge in [-0.1, -0.05) is 6.92 Å². The standard InChI is InChI=1S/C17H26O4/c1-2-10-19-12-5-13-20-11-3-4-14-21-17-8-6-16(15-18)7-9-17/h6-9,15H,2-5,10-14H2,1H3. The fraction of sp³-hybridized carbons (Fsp3) is 0.588. The second-order valence-corrected chi connectivity index (χ2v) is 4.82. The van der Waals surface area contributed by atoms with Gasteiger partial charge in [-0.05, 0) is 49.9 Å². The Labute approximate surface area is 127 Å². The average molecular weight is 294 g/mol. The van der Waals surface area contributed by atoms with Crippen molar-refractivity contribution in [3.05, 3.63) is 29.8 Å². The molecule has 0 bridgehead atoms. The molecule has 0 aromatic heterocycles. The van der Waals surface area contributed by atoms with Gasteiger partial charge < -0.3 is 14.2 Å². The fourth-order valence-corrected chi connectivity index (χ4v) is 1.75. The van der Waals surface area contributed by atoms with Crippen LogP contribution in [-0.2, 0) is 9.47 Å². The van der Waals surface area contributed by atoms with Crippen molar-refractivity contribution in [1.29, 1.82) is 0 Å². The quantitative estimate of drug-likeness (QED) is 0.412. The van der Waals surface area contributed by atoms with Gasteiger partial charge in [-0.25, -0.2) is 0 Å². The summed E-state index contributed by atoms with van der Waals surface area (Å²) in [6.07, 6.45) is 4.80. The van der Waals surface area contributed by atoms with Gasteiger partial charge in [-0.2, -0.15) is 0 Å². The zero-order valence-electron chi connectivity index (χ0n) is 12.9. The summed E-state index contributed by atoms with van der Waals surface area (Å²) in [5.74, 6) is 0.801. The zero-order chi connectivity index (χ0) is 15.2. The van der Waals surface area contributed by atoms with Crippen LogP contribution in [0.5, 0.6) is 5.75 Å². The van der Waals surface area contributed by atoms with Crippen molar-refractivity contribution in [2.24, 2.45) is 0 Å². The lowest BCUT2D eigenvalue weighted by molar-refractivity contribution is 0.0802. The monoisotopic (exact) mass is 294 g/mol. The molecule has 118 valence electrons. The Morgan fingerprint density at radius 1 is 0.857 bits per heavy atom. The lowest BCUT2D eigenvalue weighted by atomic mass is 10.2. The largest absolute Gasteiger partial charge is 0.494 e. The van der Waals surface area contributed by atoms with E-state index in [1.807, 2.05) is 12.1 Å². The van der Waals surface area contributed by atoms with Gasteiger partial charge in [-0.3, -0.25) is 4.79 Å². The zero-order valence-corrected chi connectivity index (χ0v) is 12.9. The topological polar surface area (TPSA) is 44.8 Å². The fourth-order valence-electron chi connectivity index (χ4n) is 1.75. The summed E-state index contributed by atoms with van der Waals surface area (Å²) >= 11 is 0. The lowest BCUT2D eigenvalue weighted by Crippen LogP contribution is -2.04. The molecule has 1 aromatic rings. The van der Waals surface area contributed by atoms with Crippen LogP contribution in [-0.4, -0.2) is 39.3 Å². The molecule has 0 spiro atoms. The van der Waals surface area contributed by atoms with Gasteiger partial charge in [0.25, 0.3) is 0 Å². The minimum absolute atomic E-state index is 0.665. The SMILES string of the molecule is CCCOCCCOCCCCOc1ccc(C=O)cc1. The van der Waals surface area contributed by atoms with Gasteiger partial charge in [0, 0.05) is 32.0 Å². The van der Waals surface area contributed by atoms with Crippen molar-refractivity contribution in [3.8, 4) is 5.75 Å². The molecular formula is C17H26O4. The normalized spacial score (nSPS) is 10.5. The molecule has 1 aromatic carbocycles. The average Bonchev–Trinajstić information content (AvgIpc) is 2.53. The van der Waals surface area contributed by atoms with Crippen molar-refractivity contribution < 1.29 is 19.0 Å². The molecule has 0 amide bonds. The van der Waals surface area contributed by atoms with E-state index >= 15 is 0 Å². The van der Waals surface area contributed by atoms with Crippen LogP contribution in [0.15, 0.2) is 24.3 Å². The number of benzene rings is 1. The van der Waals surface area contributed by atoms with E-state index in [0.717, 1.165) is 64.1 Å². The third-order valence-electron chi connectivity index (χ3n) is 2.89. The third kappa shape index (κ3) is 9.21. The molecule has 0 radical (unpaired) electrons. The third-order valence-corrected chi connectivity index (χ3v) is 2.89. The van der Waals surface area contributed by atoms with Gasteiger partial charge in [-0.15, -0.1) is 0 Å². The summed E-state index contributed by atoms with van der Waals surface area (Å²) in [7, 11) is 0. The first-order chi connectivity index (χ1) is 10.4. The second-order valence-electron chi connectivity index (χ2n) is 4.82. The number of rotatable bonds is 13. The molecule has 0 heterocycles. The molecule has 4 nitrogen and oxygen atoms in total. The van der Waals surface area contributed by atoms with E-state index in [4.69, 9.17) is 14.2 Å². The molecule has 0 unspecified atom stereocenters. The van der Waals surface area contributed by atoms with E-state index < -0.39 is 0 Å². The van der Waals surface area contributed by atoms with E-state index in [0.29, 0.717) is 12.2 Å². The van der Waals surface area contributed by atoms with Crippen LogP contribution in [0.1, 0.15) is 43.0 Å². The molecule has 0 aliphatic heterocycles. The second kappa shape index (κ2) is 12.4. The molecule has 1 rings (SSSR count). The Bertz CT molecular complexity index is 362. The molecule has 0 atom stereocenters. The van der Waals surface area contributed by atoms with Crippen LogP contribution in [0.3, 0.4) is 0 Å². The van der Waals surface area contributed by atoms with Crippen LogP contribution in [0.4, 0.5) is 0 Å². The maximum absolute atomic E-state index is 10.5. The molecule has 0 saturated heterocycles. The number of carbonyl (C=O) groups is 1. The van der Waals surface area contributed by atoms with E-state index in [-0.39, 0.29) is 0 Å². The Hall–Kier alpha value is -1.39. The van der Waals surface area contributed by atoms with E-state index in [1.165, 1.54) is 0 Å².